The van der Waals surface area contributed by atoms with Gasteiger partial charge in [-0.3, -0.25) is 19.3 Å². The fourth-order valence-corrected chi connectivity index (χ4v) is 5.51. The smallest absolute Gasteiger partial charge is 0.247 e. The van der Waals surface area contributed by atoms with E-state index in [9.17, 15) is 14.4 Å². The molecule has 2 atom stereocenters. The Morgan fingerprint density at radius 1 is 1.02 bits per heavy atom. The Hall–Kier alpha value is -3.27. The maximum absolute atomic E-state index is 13.6. The summed E-state index contributed by atoms with van der Waals surface area (Å²) in [6.45, 7) is 12.1. The van der Waals surface area contributed by atoms with E-state index in [-0.39, 0.29) is 37.1 Å². The van der Waals surface area contributed by atoms with Gasteiger partial charge >= 0.3 is 0 Å². The number of hydrogen-bond donors (Lipinski definition) is 3. The highest BCUT2D eigenvalue weighted by molar-refractivity contribution is 7.18. The maximum atomic E-state index is 13.6. The Morgan fingerprint density at radius 3 is 2.42 bits per heavy atom. The van der Waals surface area contributed by atoms with Gasteiger partial charge in [0.05, 0.1) is 21.3 Å². The number of nitrogens with one attached hydrogen (secondary N) is 3. The molecule has 10 heteroatoms. The fraction of sp³-hybridized carbons (Fsp3) is 0.400. The van der Waals surface area contributed by atoms with Crippen LogP contribution in [-0.4, -0.2) is 65.9 Å². The zero-order chi connectivity index (χ0) is 29.1. The van der Waals surface area contributed by atoms with E-state index >= 15 is 0 Å². The Morgan fingerprint density at radius 2 is 1.75 bits per heavy atom. The normalized spacial score (nSPS) is 12.6. The first kappa shape index (κ1) is 31.3. The average molecular weight is 584 g/mol. The van der Waals surface area contributed by atoms with Crippen molar-refractivity contribution >= 4 is 50.9 Å². The van der Waals surface area contributed by atoms with Crippen molar-refractivity contribution in [3.05, 3.63) is 76.3 Å². The molecule has 3 amide bonds. The monoisotopic (exact) mass is 583 g/mol. The molecule has 2 aromatic carbocycles. The molecular weight excluding hydrogens is 546 g/mol. The van der Waals surface area contributed by atoms with Crippen molar-refractivity contribution in [2.45, 2.75) is 52.1 Å². The van der Waals surface area contributed by atoms with Crippen molar-refractivity contribution in [1.29, 1.82) is 0 Å². The minimum atomic E-state index is -0.824. The second-order valence-corrected chi connectivity index (χ2v) is 11.1. The molecule has 0 aliphatic heterocycles. The first-order valence-electron chi connectivity index (χ1n) is 13.6. The number of carbonyl (C=O) groups is 3. The lowest BCUT2D eigenvalue weighted by molar-refractivity contribution is -0.129. The minimum absolute atomic E-state index is 0.213. The van der Waals surface area contributed by atoms with Crippen LogP contribution in [0.4, 0.5) is 0 Å². The number of fused-ring (bicyclic) bond motifs is 1. The third-order valence-corrected chi connectivity index (χ3v) is 7.83. The highest BCUT2D eigenvalue weighted by Gasteiger charge is 2.25. The van der Waals surface area contributed by atoms with E-state index in [1.807, 2.05) is 56.3 Å². The summed E-state index contributed by atoms with van der Waals surface area (Å²) in [7, 11) is 0. The van der Waals surface area contributed by atoms with Crippen molar-refractivity contribution in [3.8, 4) is 0 Å². The number of amides is 3. The van der Waals surface area contributed by atoms with Crippen LogP contribution in [0.5, 0.6) is 0 Å². The molecule has 3 N–H and O–H groups in total. The molecule has 3 aromatic rings. The number of hydrogen-bond acceptors (Lipinski definition) is 6. The van der Waals surface area contributed by atoms with Gasteiger partial charge in [-0.25, -0.2) is 4.98 Å². The van der Waals surface area contributed by atoms with Crippen LogP contribution < -0.4 is 16.0 Å². The summed E-state index contributed by atoms with van der Waals surface area (Å²) in [4.78, 5) is 45.4. The number of aromatic nitrogens is 1. The third kappa shape index (κ3) is 9.43. The summed E-state index contributed by atoms with van der Waals surface area (Å²) >= 11 is 7.57. The van der Waals surface area contributed by atoms with E-state index in [1.165, 1.54) is 11.3 Å². The molecule has 3 rings (SSSR count). The first-order chi connectivity index (χ1) is 19.2. The highest BCUT2D eigenvalue weighted by atomic mass is 35.5. The molecule has 0 aliphatic rings. The van der Waals surface area contributed by atoms with Gasteiger partial charge in [0.25, 0.3) is 0 Å². The molecule has 0 saturated carbocycles. The van der Waals surface area contributed by atoms with Gasteiger partial charge in [-0.05, 0) is 43.3 Å². The number of benzene rings is 2. The molecule has 1 heterocycles. The van der Waals surface area contributed by atoms with Crippen molar-refractivity contribution in [2.75, 3.05) is 26.2 Å². The average Bonchev–Trinajstić information content (AvgIpc) is 3.35. The van der Waals surface area contributed by atoms with Gasteiger partial charge in [0.1, 0.15) is 6.04 Å². The number of carbonyl (C=O) groups excluding carboxylic acids is 3. The van der Waals surface area contributed by atoms with Crippen LogP contribution in [-0.2, 0) is 27.2 Å². The summed E-state index contributed by atoms with van der Waals surface area (Å²) in [6, 6.07) is 14.0. The lowest BCUT2D eigenvalue weighted by atomic mass is 10.0. The maximum Gasteiger partial charge on any atom is 0.247 e. The summed E-state index contributed by atoms with van der Waals surface area (Å²) in [5, 5.41) is 10.2. The number of rotatable bonds is 15. The van der Waals surface area contributed by atoms with Gasteiger partial charge in [-0.15, -0.1) is 11.3 Å². The van der Waals surface area contributed by atoms with Crippen LogP contribution in [0, 0.1) is 0 Å². The van der Waals surface area contributed by atoms with Crippen LogP contribution in [0.2, 0.25) is 5.02 Å². The lowest BCUT2D eigenvalue weighted by Crippen LogP contribution is -2.53. The summed E-state index contributed by atoms with van der Waals surface area (Å²) in [5.41, 5.74) is 2.28. The van der Waals surface area contributed by atoms with Crippen molar-refractivity contribution in [2.24, 2.45) is 0 Å². The Kier molecular flexibility index (Phi) is 12.1. The number of halogens is 1. The van der Waals surface area contributed by atoms with E-state index in [4.69, 9.17) is 11.6 Å². The molecule has 1 aromatic heterocycles. The fourth-order valence-electron chi connectivity index (χ4n) is 4.22. The molecule has 214 valence electrons. The Balaban J connectivity index is 1.74. The standard InChI is InChI=1S/C30H38ClN5O3S/c1-5-27(37)34-25(17-28-35-24-14-13-22(31)16-26(24)40-28)30(39)33-23(15-21-11-9-8-10-12-21)18-32-29(38)20(4)19-36(6-2)7-3/h8-14,16,23,25H,4-7,15,17-19H2,1-3H3,(H,32,38)(H,33,39)(H,34,37)/t23-,25-/m0/s1. The highest BCUT2D eigenvalue weighted by Crippen LogP contribution is 2.26. The number of likely N-dealkylation sites (N-methyl/N-ethyl adjacent to an activating group) is 1. The van der Waals surface area contributed by atoms with Crippen LogP contribution in [0.3, 0.4) is 0 Å². The molecular formula is C30H38ClN5O3S. The molecule has 0 saturated heterocycles. The van der Waals surface area contributed by atoms with Gasteiger partial charge in [0, 0.05) is 36.5 Å². The number of thiazole rings is 1. The minimum Gasteiger partial charge on any atom is -0.350 e. The molecule has 0 spiro atoms. The van der Waals surface area contributed by atoms with Gasteiger partial charge in [-0.1, -0.05) is 69.3 Å². The van der Waals surface area contributed by atoms with Crippen molar-refractivity contribution < 1.29 is 14.4 Å². The molecule has 0 unspecified atom stereocenters. The predicted octanol–water partition coefficient (Wildman–Crippen LogP) is 4.13. The zero-order valence-electron chi connectivity index (χ0n) is 23.3. The van der Waals surface area contributed by atoms with E-state index in [0.29, 0.717) is 23.6 Å². The SMILES string of the molecule is C=C(CN(CC)CC)C(=O)NC[C@H](Cc1ccccc1)NC(=O)[C@H](Cc1nc2ccc(Cl)cc2s1)NC(=O)CC. The molecule has 8 nitrogen and oxygen atoms in total. The van der Waals surface area contributed by atoms with E-state index in [1.54, 1.807) is 13.0 Å². The summed E-state index contributed by atoms with van der Waals surface area (Å²) < 4.78 is 0.915. The summed E-state index contributed by atoms with van der Waals surface area (Å²) in [6.07, 6.45) is 0.987. The van der Waals surface area contributed by atoms with E-state index in [2.05, 4.69) is 32.4 Å². The lowest BCUT2D eigenvalue weighted by Gasteiger charge is -2.24. The van der Waals surface area contributed by atoms with Gasteiger partial charge in [0.15, 0.2) is 0 Å². The van der Waals surface area contributed by atoms with E-state index < -0.39 is 12.1 Å². The Labute approximate surface area is 245 Å². The first-order valence-corrected chi connectivity index (χ1v) is 14.8. The molecule has 0 bridgehead atoms. The van der Waals surface area contributed by atoms with Crippen LogP contribution in [0.15, 0.2) is 60.7 Å². The second-order valence-electron chi connectivity index (χ2n) is 9.57. The summed E-state index contributed by atoms with van der Waals surface area (Å²) in [5.74, 6) is -0.815. The zero-order valence-corrected chi connectivity index (χ0v) is 24.9. The molecule has 0 radical (unpaired) electrons. The van der Waals surface area contributed by atoms with Crippen LogP contribution >= 0.6 is 22.9 Å². The molecule has 40 heavy (non-hydrogen) atoms. The quantitative estimate of drug-likeness (QED) is 0.233. The second kappa shape index (κ2) is 15.5. The molecule has 0 aliphatic carbocycles. The predicted molar refractivity (Wildman–Crippen MR) is 163 cm³/mol. The number of nitrogens with zero attached hydrogens (tertiary/aromatic N) is 2. The molecule has 0 fully saturated rings. The Bertz CT molecular complexity index is 1310. The third-order valence-electron chi connectivity index (χ3n) is 6.56. The van der Waals surface area contributed by atoms with Crippen LogP contribution in [0.25, 0.3) is 10.2 Å². The van der Waals surface area contributed by atoms with Crippen LogP contribution in [0.1, 0.15) is 37.8 Å². The van der Waals surface area contributed by atoms with Crippen molar-refractivity contribution in [1.82, 2.24) is 25.8 Å². The van der Waals surface area contributed by atoms with Crippen molar-refractivity contribution in [3.63, 3.8) is 0 Å². The van der Waals surface area contributed by atoms with Gasteiger partial charge in [0.2, 0.25) is 17.7 Å². The van der Waals surface area contributed by atoms with Gasteiger partial charge in [-0.2, -0.15) is 0 Å². The van der Waals surface area contributed by atoms with Gasteiger partial charge < -0.3 is 16.0 Å². The van der Waals surface area contributed by atoms with E-state index in [0.717, 1.165) is 33.9 Å². The largest absolute Gasteiger partial charge is 0.350 e. The topological polar surface area (TPSA) is 103 Å².